The van der Waals surface area contributed by atoms with Crippen molar-refractivity contribution in [2.24, 2.45) is 17.8 Å². The number of alkyl carbamates (subject to hydrolysis) is 1. The highest BCUT2D eigenvalue weighted by Crippen LogP contribution is 2.40. The monoisotopic (exact) mass is 530 g/mol. The summed E-state index contributed by atoms with van der Waals surface area (Å²) in [6.45, 7) is 7.91. The molecule has 3 aliphatic rings. The molecule has 2 aliphatic heterocycles. The Balaban J connectivity index is 0.000000206. The molecule has 2 heterocycles. The van der Waals surface area contributed by atoms with Crippen molar-refractivity contribution in [3.05, 3.63) is 65.2 Å². The zero-order chi connectivity index (χ0) is 26.3. The molecule has 2 aromatic rings. The second-order valence-electron chi connectivity index (χ2n) is 10.5. The number of fused-ring (bicyclic) bond motifs is 1. The van der Waals surface area contributed by atoms with Crippen LogP contribution in [0.1, 0.15) is 50.2 Å². The summed E-state index contributed by atoms with van der Waals surface area (Å²) in [5.41, 5.74) is 2.96. The standard InChI is InChI=1S/C15H21NO2S.C14H19NO3.H2/c1-11-6-7-15(12(2)8-11)19(17,18)16-9-13-4-3-5-14(13)10-16;16-14(15-10-12-6-8-17-9-7-12)18-11-13-4-2-1-3-5-13;/h6-8,13-14H,3-5,9-10H2,1-2H3;1-5,12H,6-11H2,(H,15,16);1H/t13-,14?;;/m0../s1. The molecule has 0 bridgehead atoms. The lowest BCUT2D eigenvalue weighted by atomic mass is 10.0. The average molecular weight is 531 g/mol. The molecule has 1 saturated carbocycles. The largest absolute Gasteiger partial charge is 0.445 e. The number of ether oxygens (including phenoxy) is 2. The summed E-state index contributed by atoms with van der Waals surface area (Å²) in [5, 5.41) is 2.81. The summed E-state index contributed by atoms with van der Waals surface area (Å²) < 4.78 is 37.6. The molecule has 2 aromatic carbocycles. The maximum absolute atomic E-state index is 12.7. The second-order valence-corrected chi connectivity index (χ2v) is 12.4. The third-order valence-corrected chi connectivity index (χ3v) is 9.72. The van der Waals surface area contributed by atoms with E-state index in [1.54, 1.807) is 10.4 Å². The quantitative estimate of drug-likeness (QED) is 0.547. The average Bonchev–Trinajstić information content (AvgIpc) is 3.51. The zero-order valence-corrected chi connectivity index (χ0v) is 22.8. The van der Waals surface area contributed by atoms with Gasteiger partial charge in [-0.05, 0) is 74.5 Å². The zero-order valence-electron chi connectivity index (χ0n) is 22.0. The lowest BCUT2D eigenvalue weighted by Gasteiger charge is -2.21. The first-order valence-electron chi connectivity index (χ1n) is 13.4. The van der Waals surface area contributed by atoms with Crippen molar-refractivity contribution >= 4 is 16.1 Å². The maximum Gasteiger partial charge on any atom is 0.407 e. The Morgan fingerprint density at radius 1 is 1.03 bits per heavy atom. The first-order valence-corrected chi connectivity index (χ1v) is 14.9. The van der Waals surface area contributed by atoms with E-state index >= 15 is 0 Å². The fraction of sp³-hybridized carbons (Fsp3) is 0.552. The molecule has 7 nitrogen and oxygen atoms in total. The number of carbonyl (C=O) groups is 1. The van der Waals surface area contributed by atoms with Crippen LogP contribution < -0.4 is 5.32 Å². The van der Waals surface area contributed by atoms with Crippen molar-refractivity contribution in [1.82, 2.24) is 9.62 Å². The smallest absolute Gasteiger partial charge is 0.407 e. The number of carbonyl (C=O) groups excluding carboxylic acids is 1. The van der Waals surface area contributed by atoms with E-state index in [0.29, 0.717) is 35.8 Å². The van der Waals surface area contributed by atoms with Crippen molar-refractivity contribution in [1.29, 1.82) is 0 Å². The number of nitrogens with one attached hydrogen (secondary N) is 1. The van der Waals surface area contributed by atoms with Crippen LogP contribution >= 0.6 is 0 Å². The molecule has 0 radical (unpaired) electrons. The van der Waals surface area contributed by atoms with E-state index in [-0.39, 0.29) is 7.52 Å². The molecule has 37 heavy (non-hydrogen) atoms. The van der Waals surface area contributed by atoms with Gasteiger partial charge < -0.3 is 14.8 Å². The molecular formula is C29H42N2O5S. The summed E-state index contributed by atoms with van der Waals surface area (Å²) >= 11 is 0. The summed E-state index contributed by atoms with van der Waals surface area (Å²) in [6, 6.07) is 15.3. The van der Waals surface area contributed by atoms with Crippen LogP contribution in [0, 0.1) is 31.6 Å². The third kappa shape index (κ3) is 7.55. The van der Waals surface area contributed by atoms with Crippen LogP contribution in [0.4, 0.5) is 4.79 Å². The van der Waals surface area contributed by atoms with Crippen molar-refractivity contribution in [2.45, 2.75) is 57.5 Å². The second kappa shape index (κ2) is 12.9. The Morgan fingerprint density at radius 2 is 1.70 bits per heavy atom. The maximum atomic E-state index is 12.7. The summed E-state index contributed by atoms with van der Waals surface area (Å²) in [5.74, 6) is 1.71. The minimum atomic E-state index is -3.29. The molecule has 8 heteroatoms. The van der Waals surface area contributed by atoms with Gasteiger partial charge in [0.05, 0.1) is 4.90 Å². The number of rotatable bonds is 6. The Labute approximate surface area is 223 Å². The van der Waals surface area contributed by atoms with Gasteiger partial charge in [0.25, 0.3) is 0 Å². The highest BCUT2D eigenvalue weighted by Gasteiger charge is 2.41. The first kappa shape index (κ1) is 27.6. The van der Waals surface area contributed by atoms with Crippen LogP contribution in [0.2, 0.25) is 0 Å². The third-order valence-electron chi connectivity index (χ3n) is 7.73. The number of amides is 1. The van der Waals surface area contributed by atoms with E-state index in [2.05, 4.69) is 5.32 Å². The van der Waals surface area contributed by atoms with Gasteiger partial charge >= 0.3 is 6.09 Å². The van der Waals surface area contributed by atoms with Crippen molar-refractivity contribution in [3.8, 4) is 0 Å². The van der Waals surface area contributed by atoms with Gasteiger partial charge in [0, 0.05) is 34.3 Å². The highest BCUT2D eigenvalue weighted by atomic mass is 32.2. The first-order chi connectivity index (χ1) is 17.8. The van der Waals surface area contributed by atoms with E-state index in [1.807, 2.05) is 56.3 Å². The minimum absolute atomic E-state index is 0. The molecule has 1 N–H and O–H groups in total. The fourth-order valence-electron chi connectivity index (χ4n) is 5.57. The fourth-order valence-corrected chi connectivity index (χ4v) is 7.33. The van der Waals surface area contributed by atoms with Crippen LogP contribution in [0.5, 0.6) is 0 Å². The van der Waals surface area contributed by atoms with E-state index in [9.17, 15) is 13.2 Å². The van der Waals surface area contributed by atoms with E-state index in [0.717, 1.165) is 55.8 Å². The molecule has 3 fully saturated rings. The lowest BCUT2D eigenvalue weighted by Crippen LogP contribution is -2.32. The van der Waals surface area contributed by atoms with Gasteiger partial charge in [-0.2, -0.15) is 4.31 Å². The number of nitrogens with zero attached hydrogens (tertiary/aromatic N) is 1. The molecule has 0 aromatic heterocycles. The van der Waals surface area contributed by atoms with Crippen LogP contribution in [0.3, 0.4) is 0 Å². The van der Waals surface area contributed by atoms with E-state index < -0.39 is 10.0 Å². The summed E-state index contributed by atoms with van der Waals surface area (Å²) in [4.78, 5) is 12.0. The summed E-state index contributed by atoms with van der Waals surface area (Å²) in [7, 11) is -3.29. The molecule has 0 spiro atoms. The van der Waals surface area contributed by atoms with Crippen molar-refractivity contribution in [3.63, 3.8) is 0 Å². The predicted molar refractivity (Wildman–Crippen MR) is 146 cm³/mol. The highest BCUT2D eigenvalue weighted by molar-refractivity contribution is 7.89. The number of sulfonamides is 1. The normalized spacial score (nSPS) is 22.1. The summed E-state index contributed by atoms with van der Waals surface area (Å²) in [6.07, 6.45) is 5.35. The van der Waals surface area contributed by atoms with Crippen molar-refractivity contribution in [2.75, 3.05) is 32.8 Å². The van der Waals surface area contributed by atoms with Gasteiger partial charge in [-0.1, -0.05) is 54.4 Å². The van der Waals surface area contributed by atoms with Gasteiger partial charge in [-0.3, -0.25) is 0 Å². The molecule has 1 aliphatic carbocycles. The molecule has 2 saturated heterocycles. The minimum Gasteiger partial charge on any atom is -0.445 e. The Morgan fingerprint density at radius 3 is 2.35 bits per heavy atom. The van der Waals surface area contributed by atoms with Gasteiger partial charge in [-0.25, -0.2) is 13.2 Å². The van der Waals surface area contributed by atoms with Gasteiger partial charge in [0.1, 0.15) is 6.61 Å². The topological polar surface area (TPSA) is 84.9 Å². The van der Waals surface area contributed by atoms with E-state index in [4.69, 9.17) is 9.47 Å². The number of hydrogen-bond acceptors (Lipinski definition) is 5. The number of benzene rings is 2. The SMILES string of the molecule is Cc1ccc(S(=O)(=O)N2CC3CCC[C@H]3C2)c(C)c1.O=C(NCC1CCOCC1)OCc1ccccc1.[HH]. The lowest BCUT2D eigenvalue weighted by molar-refractivity contribution is 0.0649. The molecular weight excluding hydrogens is 488 g/mol. The van der Waals surface area contributed by atoms with Crippen molar-refractivity contribution < 1.29 is 24.1 Å². The van der Waals surface area contributed by atoms with Gasteiger partial charge in [-0.15, -0.1) is 0 Å². The Kier molecular flexibility index (Phi) is 9.62. The number of aryl methyl sites for hydroxylation is 2. The number of hydrogen-bond donors (Lipinski definition) is 1. The Bertz CT molecular complexity index is 1130. The van der Waals surface area contributed by atoms with Gasteiger partial charge in [0.2, 0.25) is 10.0 Å². The molecule has 1 unspecified atom stereocenters. The molecule has 204 valence electrons. The Hall–Kier alpha value is -2.42. The molecule has 1 amide bonds. The van der Waals surface area contributed by atoms with Crippen LogP contribution in [-0.4, -0.2) is 51.7 Å². The van der Waals surface area contributed by atoms with Crippen LogP contribution in [0.25, 0.3) is 0 Å². The van der Waals surface area contributed by atoms with E-state index in [1.165, 1.54) is 19.3 Å². The van der Waals surface area contributed by atoms with Crippen LogP contribution in [-0.2, 0) is 26.1 Å². The van der Waals surface area contributed by atoms with Crippen LogP contribution in [0.15, 0.2) is 53.4 Å². The molecule has 2 atom stereocenters. The van der Waals surface area contributed by atoms with Gasteiger partial charge in [0.15, 0.2) is 0 Å². The molecule has 5 rings (SSSR count). The predicted octanol–water partition coefficient (Wildman–Crippen LogP) is 5.31.